The van der Waals surface area contributed by atoms with Crippen LogP contribution in [0.15, 0.2) is 0 Å². The molecule has 6 nitrogen and oxygen atoms in total. The second-order valence-electron chi connectivity index (χ2n) is 6.73. The Morgan fingerprint density at radius 2 is 1.48 bits per heavy atom. The third-order valence-corrected chi connectivity index (χ3v) is 4.51. The average Bonchev–Trinajstić information content (AvgIpc) is 2.66. The van der Waals surface area contributed by atoms with E-state index in [-0.39, 0.29) is 0 Å². The first-order valence-electron chi connectivity index (χ1n) is 7.72. The highest BCUT2D eigenvalue weighted by atomic mass is 19.3. The van der Waals surface area contributed by atoms with E-state index < -0.39 is 66.1 Å². The summed E-state index contributed by atoms with van der Waals surface area (Å²) in [5.41, 5.74) is -11.3. The van der Waals surface area contributed by atoms with Gasteiger partial charge in [0.05, 0.1) is 11.8 Å². The second-order valence-corrected chi connectivity index (χ2v) is 6.73. The minimum Gasteiger partial charge on any atom is -0.479 e. The molecule has 1 aliphatic rings. The Labute approximate surface area is 149 Å². The number of carbonyl (C=O) groups is 3. The predicted octanol–water partition coefficient (Wildman–Crippen LogP) is 2.68. The van der Waals surface area contributed by atoms with Crippen LogP contribution >= 0.6 is 0 Å². The lowest BCUT2D eigenvalue weighted by molar-refractivity contribution is -0.247. The van der Waals surface area contributed by atoms with Crippen LogP contribution < -0.4 is 0 Å². The number of alkyl halides is 6. The van der Waals surface area contributed by atoms with E-state index in [1.54, 1.807) is 6.92 Å². The molecule has 0 saturated heterocycles. The summed E-state index contributed by atoms with van der Waals surface area (Å²) < 4.78 is 91.3. The zero-order valence-corrected chi connectivity index (χ0v) is 14.6. The van der Waals surface area contributed by atoms with Crippen molar-refractivity contribution in [3.63, 3.8) is 0 Å². The van der Waals surface area contributed by atoms with E-state index in [2.05, 4.69) is 9.47 Å². The molecule has 1 N–H and O–H groups in total. The highest BCUT2D eigenvalue weighted by Gasteiger charge is 2.91. The predicted molar refractivity (Wildman–Crippen MR) is 75.8 cm³/mol. The van der Waals surface area contributed by atoms with E-state index in [0.717, 1.165) is 0 Å². The fourth-order valence-corrected chi connectivity index (χ4v) is 2.28. The van der Waals surface area contributed by atoms with Crippen LogP contribution in [0.3, 0.4) is 0 Å². The van der Waals surface area contributed by atoms with Gasteiger partial charge in [0, 0.05) is 0 Å². The van der Waals surface area contributed by atoms with Crippen molar-refractivity contribution in [1.82, 2.24) is 0 Å². The number of esters is 2. The van der Waals surface area contributed by atoms with Gasteiger partial charge in [-0.2, -0.15) is 17.6 Å². The van der Waals surface area contributed by atoms with Crippen molar-refractivity contribution in [2.45, 2.75) is 56.8 Å². The lowest BCUT2D eigenvalue weighted by Crippen LogP contribution is -2.63. The average molecular weight is 408 g/mol. The van der Waals surface area contributed by atoms with Gasteiger partial charge in [0.15, 0.2) is 0 Å². The summed E-state index contributed by atoms with van der Waals surface area (Å²) in [5.74, 6) is -18.0. The number of carbonyl (C=O) groups excluding carboxylic acids is 2. The normalized spacial score (nSPS) is 29.2. The van der Waals surface area contributed by atoms with E-state index in [1.807, 2.05) is 0 Å². The van der Waals surface area contributed by atoms with Gasteiger partial charge in [0.1, 0.15) is 13.2 Å². The first-order chi connectivity index (χ1) is 12.0. The maximum Gasteiger partial charge on any atom is 0.358 e. The Kier molecular flexibility index (Phi) is 5.85. The van der Waals surface area contributed by atoms with Crippen LogP contribution in [0.25, 0.3) is 0 Å². The summed E-state index contributed by atoms with van der Waals surface area (Å²) in [4.78, 5) is 34.1. The molecule has 0 aliphatic heterocycles. The van der Waals surface area contributed by atoms with Crippen molar-refractivity contribution in [2.24, 2.45) is 5.41 Å². The van der Waals surface area contributed by atoms with Crippen LogP contribution in [0.4, 0.5) is 26.3 Å². The van der Waals surface area contributed by atoms with E-state index in [0.29, 0.717) is 6.42 Å². The molecule has 0 aromatic rings. The first-order valence-corrected chi connectivity index (χ1v) is 7.72. The number of carboxylic acid groups (broad SMARTS) is 1. The Morgan fingerprint density at radius 1 is 1.00 bits per heavy atom. The molecule has 27 heavy (non-hydrogen) atoms. The van der Waals surface area contributed by atoms with Gasteiger partial charge in [0.2, 0.25) is 0 Å². The van der Waals surface area contributed by atoms with Crippen molar-refractivity contribution in [3.8, 4) is 0 Å². The molecule has 1 rings (SSSR count). The summed E-state index contributed by atoms with van der Waals surface area (Å²) in [6, 6.07) is 0. The van der Waals surface area contributed by atoms with Gasteiger partial charge in [-0.25, -0.2) is 18.4 Å². The van der Waals surface area contributed by atoms with Crippen LogP contribution in [0.2, 0.25) is 0 Å². The molecule has 156 valence electrons. The maximum absolute atomic E-state index is 14.5. The largest absolute Gasteiger partial charge is 0.479 e. The van der Waals surface area contributed by atoms with Crippen molar-refractivity contribution in [1.29, 1.82) is 0 Å². The number of carboxylic acids is 1. The molecule has 0 bridgehead atoms. The molecule has 0 spiro atoms. The molecule has 0 aromatic carbocycles. The maximum atomic E-state index is 14.5. The molecule has 1 saturated carbocycles. The molecule has 0 aromatic heterocycles. The molecular weight excluding hydrogens is 390 g/mol. The highest BCUT2D eigenvalue weighted by molar-refractivity contribution is 5.94. The first kappa shape index (κ1) is 23.0. The van der Waals surface area contributed by atoms with Crippen molar-refractivity contribution in [3.05, 3.63) is 0 Å². The monoisotopic (exact) mass is 408 g/mol. The number of hydrogen-bond acceptors (Lipinski definition) is 5. The third-order valence-electron chi connectivity index (χ3n) is 4.51. The molecule has 12 heteroatoms. The van der Waals surface area contributed by atoms with Gasteiger partial charge >= 0.3 is 35.4 Å². The Morgan fingerprint density at radius 3 is 1.93 bits per heavy atom. The van der Waals surface area contributed by atoms with Crippen molar-refractivity contribution < 1.29 is 55.3 Å². The molecule has 1 fully saturated rings. The fourth-order valence-electron chi connectivity index (χ4n) is 2.28. The van der Waals surface area contributed by atoms with Crippen LogP contribution in [-0.4, -0.2) is 59.4 Å². The molecule has 0 heterocycles. The number of halogens is 6. The van der Waals surface area contributed by atoms with Gasteiger partial charge in [0.25, 0.3) is 5.67 Å². The number of rotatable bonds is 7. The Hall–Kier alpha value is -2.01. The van der Waals surface area contributed by atoms with Gasteiger partial charge in [-0.1, -0.05) is 6.92 Å². The van der Waals surface area contributed by atoms with Gasteiger partial charge < -0.3 is 14.6 Å². The third kappa shape index (κ3) is 3.33. The molecule has 2 unspecified atom stereocenters. The van der Waals surface area contributed by atoms with Crippen LogP contribution in [0.1, 0.15) is 33.6 Å². The van der Waals surface area contributed by atoms with Crippen LogP contribution in [0.5, 0.6) is 0 Å². The Bertz CT molecular complexity index is 636. The molecule has 1 aliphatic carbocycles. The molecule has 0 amide bonds. The fraction of sp³-hybridized carbons (Fsp3) is 0.800. The lowest BCUT2D eigenvalue weighted by atomic mass is 9.87. The van der Waals surface area contributed by atoms with Crippen LogP contribution in [0, 0.1) is 5.41 Å². The lowest BCUT2D eigenvalue weighted by Gasteiger charge is -2.30. The zero-order valence-electron chi connectivity index (χ0n) is 14.6. The topological polar surface area (TPSA) is 89.9 Å². The molecular formula is C15H18F6O6. The number of hydrogen-bond donors (Lipinski definition) is 1. The SMILES string of the molecule is CCC(C)(C)C(=O)OCCOC(=O)C1(F)CC(F)(F)C(F)(F)C1(F)C(=O)O. The van der Waals surface area contributed by atoms with E-state index in [4.69, 9.17) is 5.11 Å². The summed E-state index contributed by atoms with van der Waals surface area (Å²) in [6.07, 6.45) is -2.36. The Balaban J connectivity index is 2.90. The summed E-state index contributed by atoms with van der Waals surface area (Å²) >= 11 is 0. The second kappa shape index (κ2) is 6.86. The molecule has 0 radical (unpaired) electrons. The van der Waals surface area contributed by atoms with E-state index >= 15 is 0 Å². The number of aliphatic carboxylic acids is 1. The van der Waals surface area contributed by atoms with E-state index in [1.165, 1.54) is 13.8 Å². The van der Waals surface area contributed by atoms with Gasteiger partial charge in [-0.3, -0.25) is 4.79 Å². The smallest absolute Gasteiger partial charge is 0.358 e. The van der Waals surface area contributed by atoms with Crippen molar-refractivity contribution in [2.75, 3.05) is 13.2 Å². The standard InChI is InChI=1S/C15H18F6O6/c1-4-11(2,3)9(24)26-5-6-27-10(25)12(16)7-13(17,18)15(20,21)14(12,19)8(22)23/h4-7H2,1-3H3,(H,22,23). The van der Waals surface area contributed by atoms with E-state index in [9.17, 15) is 40.7 Å². The minimum atomic E-state index is -6.00. The minimum absolute atomic E-state index is 0.367. The van der Waals surface area contributed by atoms with Gasteiger partial charge in [-0.15, -0.1) is 0 Å². The summed E-state index contributed by atoms with van der Waals surface area (Å²) in [7, 11) is 0. The number of ether oxygens (including phenoxy) is 2. The highest BCUT2D eigenvalue weighted by Crippen LogP contribution is 2.62. The zero-order chi connectivity index (χ0) is 21.5. The van der Waals surface area contributed by atoms with Crippen molar-refractivity contribution >= 4 is 17.9 Å². The van der Waals surface area contributed by atoms with Crippen LogP contribution in [-0.2, 0) is 23.9 Å². The summed E-state index contributed by atoms with van der Waals surface area (Å²) in [5, 5.41) is 8.58. The molecule has 2 atom stereocenters. The summed E-state index contributed by atoms with van der Waals surface area (Å²) in [6.45, 7) is 3.02. The van der Waals surface area contributed by atoms with Gasteiger partial charge in [-0.05, 0) is 20.3 Å². The quantitative estimate of drug-likeness (QED) is 0.396.